The third-order valence-electron chi connectivity index (χ3n) is 2.42. The van der Waals surface area contributed by atoms with Crippen molar-refractivity contribution in [2.45, 2.75) is 32.4 Å². The van der Waals surface area contributed by atoms with Crippen LogP contribution in [0.1, 0.15) is 31.9 Å². The van der Waals surface area contributed by atoms with E-state index in [-0.39, 0.29) is 12.6 Å². The predicted molar refractivity (Wildman–Crippen MR) is 66.9 cm³/mol. The van der Waals surface area contributed by atoms with Gasteiger partial charge in [0, 0.05) is 16.6 Å². The van der Waals surface area contributed by atoms with E-state index in [1.54, 1.807) is 0 Å². The lowest BCUT2D eigenvalue weighted by Gasteiger charge is -2.21. The fraction of sp³-hybridized carbons (Fsp3) is 0.500. The van der Waals surface area contributed by atoms with Crippen LogP contribution < -0.4 is 5.32 Å². The molecule has 0 radical (unpaired) electrons. The second kappa shape index (κ2) is 6.26. The Balaban J connectivity index is 2.73. The summed E-state index contributed by atoms with van der Waals surface area (Å²) in [5.41, 5.74) is 1.26. The van der Waals surface area contributed by atoms with Gasteiger partial charge in [-0.3, -0.25) is 0 Å². The lowest BCUT2D eigenvalue weighted by atomic mass is 10.0. The first kappa shape index (κ1) is 12.7. The van der Waals surface area contributed by atoms with Crippen molar-refractivity contribution >= 4 is 15.9 Å². The van der Waals surface area contributed by atoms with Gasteiger partial charge in [0.05, 0.1) is 6.61 Å². The number of rotatable bonds is 5. The first-order chi connectivity index (χ1) is 7.17. The lowest BCUT2D eigenvalue weighted by Crippen LogP contribution is -2.32. The summed E-state index contributed by atoms with van der Waals surface area (Å²) in [4.78, 5) is 0. The summed E-state index contributed by atoms with van der Waals surface area (Å²) >= 11 is 3.47. The van der Waals surface area contributed by atoms with Crippen molar-refractivity contribution in [3.05, 3.63) is 34.3 Å². The van der Waals surface area contributed by atoms with Gasteiger partial charge in [-0.05, 0) is 31.0 Å². The number of aliphatic hydroxyl groups excluding tert-OH is 1. The average molecular weight is 272 g/mol. The molecule has 0 bridgehead atoms. The summed E-state index contributed by atoms with van der Waals surface area (Å²) in [6.45, 7) is 4.30. The van der Waals surface area contributed by atoms with Gasteiger partial charge in [0.15, 0.2) is 0 Å². The molecular formula is C12H18BrNO. The van der Waals surface area contributed by atoms with Crippen molar-refractivity contribution in [2.24, 2.45) is 0 Å². The normalized spacial score (nSPS) is 14.9. The molecule has 1 aromatic carbocycles. The van der Waals surface area contributed by atoms with Gasteiger partial charge in [-0.1, -0.05) is 35.0 Å². The van der Waals surface area contributed by atoms with Gasteiger partial charge >= 0.3 is 0 Å². The fourth-order valence-corrected chi connectivity index (χ4v) is 1.99. The number of hydrogen-bond acceptors (Lipinski definition) is 2. The minimum absolute atomic E-state index is 0.133. The van der Waals surface area contributed by atoms with Crippen LogP contribution in [0.3, 0.4) is 0 Å². The van der Waals surface area contributed by atoms with Crippen LogP contribution in [0.5, 0.6) is 0 Å². The molecule has 0 heterocycles. The van der Waals surface area contributed by atoms with Crippen LogP contribution in [0.2, 0.25) is 0 Å². The van der Waals surface area contributed by atoms with Crippen molar-refractivity contribution in [1.82, 2.24) is 5.32 Å². The second-order valence-corrected chi connectivity index (χ2v) is 4.68. The molecule has 15 heavy (non-hydrogen) atoms. The molecule has 0 fully saturated rings. The molecule has 0 aliphatic carbocycles. The molecule has 0 amide bonds. The standard InChI is InChI=1S/C12H18BrNO/c1-3-12(14-9(2)8-15)10-5-4-6-11(13)7-10/h4-7,9,12,14-15H,3,8H2,1-2H3/t9-,12+/m0/s1. The molecule has 2 nitrogen and oxygen atoms in total. The van der Waals surface area contributed by atoms with E-state index >= 15 is 0 Å². The van der Waals surface area contributed by atoms with Crippen LogP contribution in [0.25, 0.3) is 0 Å². The molecule has 0 saturated carbocycles. The Morgan fingerprint density at radius 1 is 1.47 bits per heavy atom. The van der Waals surface area contributed by atoms with E-state index in [0.29, 0.717) is 6.04 Å². The van der Waals surface area contributed by atoms with Gasteiger partial charge in [0.1, 0.15) is 0 Å². The van der Waals surface area contributed by atoms with Crippen LogP contribution >= 0.6 is 15.9 Å². The zero-order valence-corrected chi connectivity index (χ0v) is 10.8. The number of hydrogen-bond donors (Lipinski definition) is 2. The Kier molecular flexibility index (Phi) is 5.29. The molecule has 2 atom stereocenters. The number of benzene rings is 1. The maximum atomic E-state index is 9.01. The van der Waals surface area contributed by atoms with E-state index in [1.165, 1.54) is 5.56 Å². The van der Waals surface area contributed by atoms with Gasteiger partial charge < -0.3 is 10.4 Å². The second-order valence-electron chi connectivity index (χ2n) is 3.77. The molecule has 0 aromatic heterocycles. The van der Waals surface area contributed by atoms with Crippen molar-refractivity contribution in [3.8, 4) is 0 Å². The molecule has 0 spiro atoms. The Morgan fingerprint density at radius 3 is 2.73 bits per heavy atom. The van der Waals surface area contributed by atoms with Crippen LogP contribution in [0, 0.1) is 0 Å². The maximum Gasteiger partial charge on any atom is 0.0582 e. The monoisotopic (exact) mass is 271 g/mol. The number of aliphatic hydroxyl groups is 1. The Hall–Kier alpha value is -0.380. The molecular weight excluding hydrogens is 254 g/mol. The Labute approximate surface area is 99.8 Å². The van der Waals surface area contributed by atoms with Gasteiger partial charge in [-0.2, -0.15) is 0 Å². The highest BCUT2D eigenvalue weighted by Gasteiger charge is 2.11. The van der Waals surface area contributed by atoms with Crippen LogP contribution in [0.4, 0.5) is 0 Å². The number of halogens is 1. The molecule has 0 unspecified atom stereocenters. The van der Waals surface area contributed by atoms with Gasteiger partial charge in [0.25, 0.3) is 0 Å². The quantitative estimate of drug-likeness (QED) is 0.863. The van der Waals surface area contributed by atoms with E-state index in [0.717, 1.165) is 10.9 Å². The van der Waals surface area contributed by atoms with Crippen LogP contribution in [-0.2, 0) is 0 Å². The highest BCUT2D eigenvalue weighted by molar-refractivity contribution is 9.10. The van der Waals surface area contributed by atoms with Crippen molar-refractivity contribution in [3.63, 3.8) is 0 Å². The summed E-state index contributed by atoms with van der Waals surface area (Å²) in [6, 6.07) is 8.72. The van der Waals surface area contributed by atoms with Gasteiger partial charge in [-0.15, -0.1) is 0 Å². The molecule has 2 N–H and O–H groups in total. The lowest BCUT2D eigenvalue weighted by molar-refractivity contribution is 0.239. The van der Waals surface area contributed by atoms with Crippen LogP contribution in [-0.4, -0.2) is 17.8 Å². The first-order valence-electron chi connectivity index (χ1n) is 5.29. The van der Waals surface area contributed by atoms with Gasteiger partial charge in [0.2, 0.25) is 0 Å². The third-order valence-corrected chi connectivity index (χ3v) is 2.91. The summed E-state index contributed by atoms with van der Waals surface area (Å²) in [7, 11) is 0. The zero-order valence-electron chi connectivity index (χ0n) is 9.20. The predicted octanol–water partition coefficient (Wildman–Crippen LogP) is 2.87. The maximum absolute atomic E-state index is 9.01. The molecule has 1 aromatic rings. The number of nitrogens with one attached hydrogen (secondary N) is 1. The van der Waals surface area contributed by atoms with Crippen molar-refractivity contribution in [2.75, 3.05) is 6.61 Å². The summed E-state index contributed by atoms with van der Waals surface area (Å²) in [5, 5.41) is 12.4. The molecule has 84 valence electrons. The molecule has 0 aliphatic rings. The molecule has 1 rings (SSSR count). The average Bonchev–Trinajstić information content (AvgIpc) is 2.25. The van der Waals surface area contributed by atoms with E-state index in [1.807, 2.05) is 19.1 Å². The largest absolute Gasteiger partial charge is 0.395 e. The smallest absolute Gasteiger partial charge is 0.0582 e. The van der Waals surface area contributed by atoms with E-state index < -0.39 is 0 Å². The van der Waals surface area contributed by atoms with E-state index in [2.05, 4.69) is 40.3 Å². The van der Waals surface area contributed by atoms with Gasteiger partial charge in [-0.25, -0.2) is 0 Å². The molecule has 0 saturated heterocycles. The van der Waals surface area contributed by atoms with Crippen molar-refractivity contribution in [1.29, 1.82) is 0 Å². The highest BCUT2D eigenvalue weighted by atomic mass is 79.9. The minimum atomic E-state index is 0.133. The highest BCUT2D eigenvalue weighted by Crippen LogP contribution is 2.20. The van der Waals surface area contributed by atoms with Crippen molar-refractivity contribution < 1.29 is 5.11 Å². The van der Waals surface area contributed by atoms with Crippen LogP contribution in [0.15, 0.2) is 28.7 Å². The third kappa shape index (κ3) is 3.93. The topological polar surface area (TPSA) is 32.3 Å². The minimum Gasteiger partial charge on any atom is -0.395 e. The summed E-state index contributed by atoms with van der Waals surface area (Å²) in [5.74, 6) is 0. The SMILES string of the molecule is CC[C@@H](N[C@@H](C)CO)c1cccc(Br)c1. The summed E-state index contributed by atoms with van der Waals surface area (Å²) in [6.07, 6.45) is 1.01. The molecule has 3 heteroatoms. The van der Waals surface area contributed by atoms with E-state index in [9.17, 15) is 0 Å². The fourth-order valence-electron chi connectivity index (χ4n) is 1.57. The summed E-state index contributed by atoms with van der Waals surface area (Å²) < 4.78 is 1.09. The first-order valence-corrected chi connectivity index (χ1v) is 6.09. The zero-order chi connectivity index (χ0) is 11.3. The Morgan fingerprint density at radius 2 is 2.20 bits per heavy atom. The Bertz CT molecular complexity index is 303. The van der Waals surface area contributed by atoms with E-state index in [4.69, 9.17) is 5.11 Å². The molecule has 0 aliphatic heterocycles.